The summed E-state index contributed by atoms with van der Waals surface area (Å²) in [6.45, 7) is 0.379. The van der Waals surface area contributed by atoms with E-state index in [4.69, 9.17) is 28.1 Å². The van der Waals surface area contributed by atoms with Crippen molar-refractivity contribution in [1.29, 1.82) is 0 Å². The monoisotopic (exact) mass is 734 g/mol. The lowest BCUT2D eigenvalue weighted by atomic mass is 9.75. The number of rotatable bonds is 7. The van der Waals surface area contributed by atoms with Gasteiger partial charge in [-0.15, -0.1) is 0 Å². The molecule has 186 valence electrons. The molecule has 5 rings (SSSR count). The summed E-state index contributed by atoms with van der Waals surface area (Å²) in [4.78, 5) is 0. The molecule has 3 heterocycles. The lowest BCUT2D eigenvalue weighted by Gasteiger charge is -2.45. The third-order valence-electron chi connectivity index (χ3n) is 6.66. The highest BCUT2D eigenvalue weighted by molar-refractivity contribution is 9.09. The molecule has 3 fully saturated rings. The van der Waals surface area contributed by atoms with Crippen molar-refractivity contribution in [3.63, 3.8) is 0 Å². The Morgan fingerprint density at radius 3 is 1.86 bits per heavy atom. The fourth-order valence-corrected chi connectivity index (χ4v) is 6.91. The highest BCUT2D eigenvalue weighted by Crippen LogP contribution is 2.36. The van der Waals surface area contributed by atoms with Gasteiger partial charge in [-0.3, -0.25) is 0 Å². The van der Waals surface area contributed by atoms with Gasteiger partial charge in [0.25, 0.3) is 0 Å². The van der Waals surface area contributed by atoms with Crippen LogP contribution in [0.2, 0.25) is 0 Å². The van der Waals surface area contributed by atoms with Crippen molar-refractivity contribution in [3.05, 3.63) is 58.7 Å². The van der Waals surface area contributed by atoms with E-state index in [9.17, 15) is 0 Å². The Morgan fingerprint density at radius 2 is 1.29 bits per heavy atom. The Balaban J connectivity index is 1.38. The molecule has 35 heavy (non-hydrogen) atoms. The number of halogens is 4. The first-order chi connectivity index (χ1) is 17.1. The predicted octanol–water partition coefficient (Wildman–Crippen LogP) is 3.93. The SMILES string of the molecule is CO[C@H]1O[C@@H]2COB(c3ccc(CBr)c(CBr)c3)O[C@H]2[C@@H]2OB(c3ccc(CBr)c(CBr)c3)O[C@H]12. The number of fused-ring (bicyclic) bond motifs is 3. The highest BCUT2D eigenvalue weighted by Gasteiger charge is 2.57. The maximum atomic E-state index is 6.49. The topological polar surface area (TPSA) is 55.4 Å². The number of hydrogen-bond acceptors (Lipinski definition) is 6. The number of benzene rings is 2. The van der Waals surface area contributed by atoms with E-state index in [1.165, 1.54) is 22.3 Å². The van der Waals surface area contributed by atoms with E-state index in [-0.39, 0.29) is 18.3 Å². The molecule has 0 aromatic heterocycles. The second-order valence-electron chi connectivity index (χ2n) is 8.67. The number of methoxy groups -OCH3 is 1. The van der Waals surface area contributed by atoms with E-state index in [1.807, 2.05) is 6.07 Å². The minimum atomic E-state index is -0.564. The van der Waals surface area contributed by atoms with Gasteiger partial charge in [0.1, 0.15) is 12.2 Å². The first kappa shape index (κ1) is 26.8. The van der Waals surface area contributed by atoms with E-state index in [2.05, 4.69) is 94.1 Å². The van der Waals surface area contributed by atoms with Gasteiger partial charge in [-0.1, -0.05) is 100 Å². The Bertz CT molecular complexity index is 1050. The molecule has 3 aliphatic heterocycles. The van der Waals surface area contributed by atoms with Crippen LogP contribution in [0.1, 0.15) is 22.3 Å². The van der Waals surface area contributed by atoms with Gasteiger partial charge < -0.3 is 28.1 Å². The maximum absolute atomic E-state index is 6.49. The molecule has 0 bridgehead atoms. The molecule has 12 heteroatoms. The molecule has 3 aliphatic rings. The van der Waals surface area contributed by atoms with Crippen molar-refractivity contribution in [1.82, 2.24) is 0 Å². The fourth-order valence-electron chi connectivity index (χ4n) is 4.77. The van der Waals surface area contributed by atoms with E-state index >= 15 is 0 Å². The molecular formula is C23H24B2Br4O6. The summed E-state index contributed by atoms with van der Waals surface area (Å²) >= 11 is 14.3. The van der Waals surface area contributed by atoms with Crippen molar-refractivity contribution in [2.24, 2.45) is 0 Å². The second-order valence-corrected chi connectivity index (χ2v) is 10.9. The van der Waals surface area contributed by atoms with Gasteiger partial charge in [-0.25, -0.2) is 0 Å². The van der Waals surface area contributed by atoms with Gasteiger partial charge in [-0.05, 0) is 33.2 Å². The minimum absolute atomic E-state index is 0.314. The molecule has 3 saturated heterocycles. The quantitative estimate of drug-likeness (QED) is 0.318. The third kappa shape index (κ3) is 5.40. The molecule has 6 nitrogen and oxygen atoms in total. The molecule has 2 aromatic rings. The van der Waals surface area contributed by atoms with Crippen LogP contribution >= 0.6 is 63.7 Å². The van der Waals surface area contributed by atoms with Crippen LogP contribution in [0.15, 0.2) is 36.4 Å². The van der Waals surface area contributed by atoms with Gasteiger partial charge >= 0.3 is 14.2 Å². The van der Waals surface area contributed by atoms with Crippen LogP contribution in [0.25, 0.3) is 0 Å². The second kappa shape index (κ2) is 12.0. The molecular weight excluding hydrogens is 713 g/mol. The predicted molar refractivity (Wildman–Crippen MR) is 150 cm³/mol. The zero-order chi connectivity index (χ0) is 24.5. The smallest absolute Gasteiger partial charge is 0.404 e. The molecule has 0 N–H and O–H groups in total. The van der Waals surface area contributed by atoms with Gasteiger partial charge in [0.2, 0.25) is 0 Å². The fraction of sp³-hybridized carbons (Fsp3) is 0.478. The van der Waals surface area contributed by atoms with Crippen LogP contribution in [0.3, 0.4) is 0 Å². The molecule has 0 amide bonds. The largest absolute Gasteiger partial charge is 0.494 e. The van der Waals surface area contributed by atoms with Crippen LogP contribution in [0.5, 0.6) is 0 Å². The van der Waals surface area contributed by atoms with E-state index in [0.717, 1.165) is 32.2 Å². The van der Waals surface area contributed by atoms with Crippen molar-refractivity contribution < 1.29 is 28.1 Å². The molecule has 0 spiro atoms. The van der Waals surface area contributed by atoms with Crippen molar-refractivity contribution in [2.45, 2.75) is 52.0 Å². The zero-order valence-electron chi connectivity index (χ0n) is 19.0. The van der Waals surface area contributed by atoms with Crippen molar-refractivity contribution in [2.75, 3.05) is 13.7 Å². The van der Waals surface area contributed by atoms with E-state index < -0.39 is 26.6 Å². The Hall–Kier alpha value is 0.250. The van der Waals surface area contributed by atoms with Crippen LogP contribution < -0.4 is 10.9 Å². The van der Waals surface area contributed by atoms with Crippen LogP contribution in [0, 0.1) is 0 Å². The highest BCUT2D eigenvalue weighted by atomic mass is 79.9. The molecule has 2 aromatic carbocycles. The summed E-state index contributed by atoms with van der Waals surface area (Å²) in [7, 11) is 0.575. The summed E-state index contributed by atoms with van der Waals surface area (Å²) in [6.07, 6.45) is -1.99. The first-order valence-corrected chi connectivity index (χ1v) is 15.8. The molecule has 0 unspecified atom stereocenters. The third-order valence-corrected chi connectivity index (χ3v) is 9.07. The molecule has 5 atom stereocenters. The van der Waals surface area contributed by atoms with E-state index in [0.29, 0.717) is 6.61 Å². The average molecular weight is 738 g/mol. The van der Waals surface area contributed by atoms with Crippen LogP contribution in [-0.2, 0) is 49.4 Å². The average Bonchev–Trinajstić information content (AvgIpc) is 3.37. The van der Waals surface area contributed by atoms with Gasteiger partial charge in [0.05, 0.1) is 18.8 Å². The summed E-state index contributed by atoms with van der Waals surface area (Å²) < 4.78 is 37.2. The van der Waals surface area contributed by atoms with Crippen LogP contribution in [0.4, 0.5) is 0 Å². The summed E-state index contributed by atoms with van der Waals surface area (Å²) in [6, 6.07) is 12.5. The zero-order valence-corrected chi connectivity index (χ0v) is 25.3. The minimum Gasteiger partial charge on any atom is -0.404 e. The summed E-state index contributed by atoms with van der Waals surface area (Å²) in [5.74, 6) is 0. The Labute approximate surface area is 239 Å². The van der Waals surface area contributed by atoms with Gasteiger partial charge in [0.15, 0.2) is 6.29 Å². The van der Waals surface area contributed by atoms with Gasteiger partial charge in [0, 0.05) is 28.4 Å². The standard InChI is InChI=1S/C23H24B2Br4O6/c1-30-23-22-21(34-25(35-22)18-5-3-14(9-27)16(7-18)11-29)20-19(32-23)12-31-24(33-20)17-4-2-13(8-26)15(6-17)10-28/h2-7,19-23H,8-12H2,1H3/t19-,20-,21+,22+,23+/m1/s1. The number of hydrogen-bond donors (Lipinski definition) is 0. The lowest BCUT2D eigenvalue weighted by Crippen LogP contribution is -2.64. The maximum Gasteiger partial charge on any atom is 0.494 e. The van der Waals surface area contributed by atoms with Crippen molar-refractivity contribution >= 4 is 88.9 Å². The van der Waals surface area contributed by atoms with Gasteiger partial charge in [-0.2, -0.15) is 0 Å². The van der Waals surface area contributed by atoms with Crippen molar-refractivity contribution in [3.8, 4) is 0 Å². The molecule has 0 aliphatic carbocycles. The number of alkyl halides is 4. The Kier molecular flexibility index (Phi) is 9.18. The number of ether oxygens (including phenoxy) is 2. The molecule has 0 radical (unpaired) electrons. The summed E-state index contributed by atoms with van der Waals surface area (Å²) in [5, 5.41) is 3.09. The normalized spacial score (nSPS) is 28.2. The van der Waals surface area contributed by atoms with Crippen LogP contribution in [-0.4, -0.2) is 58.7 Å². The summed E-state index contributed by atoms with van der Waals surface area (Å²) in [5.41, 5.74) is 6.77. The van der Waals surface area contributed by atoms with E-state index in [1.54, 1.807) is 7.11 Å². The lowest BCUT2D eigenvalue weighted by molar-refractivity contribution is -0.275. The Morgan fingerprint density at radius 1 is 0.743 bits per heavy atom. The first-order valence-electron chi connectivity index (χ1n) is 11.3. The molecule has 0 saturated carbocycles.